The van der Waals surface area contributed by atoms with Crippen molar-refractivity contribution in [1.82, 2.24) is 4.90 Å². The molecule has 2 aromatic rings. The molecule has 4 heteroatoms. The fourth-order valence-electron chi connectivity index (χ4n) is 2.62. The Kier molecular flexibility index (Phi) is 6.58. The average molecular weight is 325 g/mol. The molecule has 4 nitrogen and oxygen atoms in total. The topological polar surface area (TPSA) is 49.8 Å². The van der Waals surface area contributed by atoms with E-state index in [1.807, 2.05) is 54.6 Å². The summed E-state index contributed by atoms with van der Waals surface area (Å²) in [6.45, 7) is 0.0212. The number of benzene rings is 2. The number of rotatable bonds is 7. The van der Waals surface area contributed by atoms with Crippen LogP contribution in [-0.2, 0) is 4.79 Å². The fraction of sp³-hybridized carbons (Fsp3) is 0.250. The Morgan fingerprint density at radius 3 is 2.50 bits per heavy atom. The van der Waals surface area contributed by atoms with Crippen LogP contribution in [0.25, 0.3) is 6.08 Å². The number of carbonyl (C=O) groups excluding carboxylic acids is 1. The van der Waals surface area contributed by atoms with Gasteiger partial charge in [0.05, 0.1) is 13.2 Å². The Bertz CT molecular complexity index is 682. The Hall–Kier alpha value is -2.59. The van der Waals surface area contributed by atoms with Crippen LogP contribution in [-0.4, -0.2) is 36.7 Å². The lowest BCUT2D eigenvalue weighted by molar-refractivity contribution is -0.127. The van der Waals surface area contributed by atoms with Crippen LogP contribution in [0.1, 0.15) is 23.6 Å². The molecular formula is C20H23NO3. The van der Waals surface area contributed by atoms with Gasteiger partial charge in [0.2, 0.25) is 5.91 Å². The highest BCUT2D eigenvalue weighted by atomic mass is 16.5. The molecule has 1 N–H and O–H groups in total. The first-order chi connectivity index (χ1) is 11.7. The molecule has 0 saturated heterocycles. The highest BCUT2D eigenvalue weighted by Crippen LogP contribution is 2.24. The SMILES string of the molecule is COc1ccccc1/C=C/C(=O)N(C)C(CCO)c1ccccc1. The first-order valence-corrected chi connectivity index (χ1v) is 7.91. The number of methoxy groups -OCH3 is 1. The number of aliphatic hydroxyl groups is 1. The second-order valence-electron chi connectivity index (χ2n) is 5.46. The largest absolute Gasteiger partial charge is 0.496 e. The Labute approximate surface area is 143 Å². The number of hydrogen-bond donors (Lipinski definition) is 1. The van der Waals surface area contributed by atoms with Crippen molar-refractivity contribution in [2.45, 2.75) is 12.5 Å². The van der Waals surface area contributed by atoms with Gasteiger partial charge in [-0.25, -0.2) is 0 Å². The second-order valence-corrected chi connectivity index (χ2v) is 5.46. The lowest BCUT2D eigenvalue weighted by Gasteiger charge is -2.27. The number of para-hydroxylation sites is 1. The molecule has 0 aliphatic rings. The quantitative estimate of drug-likeness (QED) is 0.795. The van der Waals surface area contributed by atoms with E-state index >= 15 is 0 Å². The first kappa shape index (κ1) is 17.8. The summed E-state index contributed by atoms with van der Waals surface area (Å²) in [4.78, 5) is 14.2. The van der Waals surface area contributed by atoms with Crippen molar-refractivity contribution < 1.29 is 14.6 Å². The van der Waals surface area contributed by atoms with Gasteiger partial charge in [-0.05, 0) is 24.1 Å². The van der Waals surface area contributed by atoms with Crippen molar-refractivity contribution in [2.75, 3.05) is 20.8 Å². The molecule has 0 spiro atoms. The van der Waals surface area contributed by atoms with E-state index in [2.05, 4.69) is 0 Å². The molecule has 0 aliphatic carbocycles. The molecule has 1 atom stereocenters. The van der Waals surface area contributed by atoms with Crippen molar-refractivity contribution in [3.63, 3.8) is 0 Å². The maximum Gasteiger partial charge on any atom is 0.246 e. The lowest BCUT2D eigenvalue weighted by atomic mass is 10.0. The smallest absolute Gasteiger partial charge is 0.246 e. The number of aliphatic hydroxyl groups excluding tert-OH is 1. The molecule has 126 valence electrons. The Balaban J connectivity index is 2.16. The van der Waals surface area contributed by atoms with Crippen molar-refractivity contribution in [3.8, 4) is 5.75 Å². The van der Waals surface area contributed by atoms with Gasteiger partial charge in [0.15, 0.2) is 0 Å². The zero-order chi connectivity index (χ0) is 17.4. The van der Waals surface area contributed by atoms with Gasteiger partial charge in [0.25, 0.3) is 0 Å². The highest BCUT2D eigenvalue weighted by Gasteiger charge is 2.19. The summed E-state index contributed by atoms with van der Waals surface area (Å²) in [5.41, 5.74) is 1.85. The summed E-state index contributed by atoms with van der Waals surface area (Å²) in [6.07, 6.45) is 3.78. The predicted octanol–water partition coefficient (Wildman–Crippen LogP) is 3.29. The molecule has 0 heterocycles. The van der Waals surface area contributed by atoms with Gasteiger partial charge < -0.3 is 14.7 Å². The van der Waals surface area contributed by atoms with Crippen molar-refractivity contribution in [3.05, 3.63) is 71.8 Å². The van der Waals surface area contributed by atoms with Crippen LogP contribution in [0.5, 0.6) is 5.75 Å². The van der Waals surface area contributed by atoms with Gasteiger partial charge in [-0.2, -0.15) is 0 Å². The van der Waals surface area contributed by atoms with Gasteiger partial charge in [-0.15, -0.1) is 0 Å². The van der Waals surface area contributed by atoms with E-state index in [-0.39, 0.29) is 18.6 Å². The van der Waals surface area contributed by atoms with Crippen molar-refractivity contribution in [1.29, 1.82) is 0 Å². The summed E-state index contributed by atoms with van der Waals surface area (Å²) in [6, 6.07) is 17.1. The van der Waals surface area contributed by atoms with Crippen LogP contribution in [0.3, 0.4) is 0 Å². The summed E-state index contributed by atoms with van der Waals surface area (Å²) >= 11 is 0. The summed E-state index contributed by atoms with van der Waals surface area (Å²) in [5.74, 6) is 0.599. The average Bonchev–Trinajstić information content (AvgIpc) is 2.64. The Morgan fingerprint density at radius 2 is 1.83 bits per heavy atom. The van der Waals surface area contributed by atoms with E-state index in [9.17, 15) is 9.90 Å². The fourth-order valence-corrected chi connectivity index (χ4v) is 2.62. The number of amides is 1. The molecule has 0 aliphatic heterocycles. The van der Waals surface area contributed by atoms with Gasteiger partial charge in [0.1, 0.15) is 5.75 Å². The van der Waals surface area contributed by atoms with E-state index in [1.165, 1.54) is 6.08 Å². The second kappa shape index (κ2) is 8.89. The van der Waals surface area contributed by atoms with E-state index in [4.69, 9.17) is 4.74 Å². The molecular weight excluding hydrogens is 302 g/mol. The van der Waals surface area contributed by atoms with Crippen LogP contribution in [0.2, 0.25) is 0 Å². The van der Waals surface area contributed by atoms with E-state index in [1.54, 1.807) is 25.1 Å². The molecule has 2 rings (SSSR count). The minimum absolute atomic E-state index is 0.0212. The lowest BCUT2D eigenvalue weighted by Crippen LogP contribution is -2.30. The third kappa shape index (κ3) is 4.46. The monoisotopic (exact) mass is 325 g/mol. The summed E-state index contributed by atoms with van der Waals surface area (Å²) in [5, 5.41) is 9.33. The summed E-state index contributed by atoms with van der Waals surface area (Å²) < 4.78 is 5.28. The minimum Gasteiger partial charge on any atom is -0.496 e. The van der Waals surface area contributed by atoms with Crippen molar-refractivity contribution >= 4 is 12.0 Å². The van der Waals surface area contributed by atoms with Gasteiger partial charge in [-0.1, -0.05) is 48.5 Å². The van der Waals surface area contributed by atoms with Crippen LogP contribution < -0.4 is 4.74 Å². The number of likely N-dealkylation sites (N-methyl/N-ethyl adjacent to an activating group) is 1. The molecule has 0 fully saturated rings. The number of hydrogen-bond acceptors (Lipinski definition) is 3. The molecule has 0 saturated carbocycles. The zero-order valence-electron chi connectivity index (χ0n) is 14.1. The van der Waals surface area contributed by atoms with E-state index in [0.29, 0.717) is 6.42 Å². The number of carbonyl (C=O) groups is 1. The molecule has 0 bridgehead atoms. The van der Waals surface area contributed by atoms with Gasteiger partial charge in [-0.3, -0.25) is 4.79 Å². The molecule has 1 unspecified atom stereocenters. The van der Waals surface area contributed by atoms with Crippen LogP contribution >= 0.6 is 0 Å². The predicted molar refractivity (Wildman–Crippen MR) is 95.7 cm³/mol. The van der Waals surface area contributed by atoms with Gasteiger partial charge >= 0.3 is 0 Å². The number of ether oxygens (including phenoxy) is 1. The minimum atomic E-state index is -0.161. The van der Waals surface area contributed by atoms with Crippen LogP contribution in [0.15, 0.2) is 60.7 Å². The zero-order valence-corrected chi connectivity index (χ0v) is 14.1. The molecule has 2 aromatic carbocycles. The highest BCUT2D eigenvalue weighted by molar-refractivity contribution is 5.92. The standard InChI is InChI=1S/C20H23NO3/c1-21(18(14-15-22)16-8-4-3-5-9-16)20(23)13-12-17-10-6-7-11-19(17)24-2/h3-13,18,22H,14-15H2,1-2H3/b13-12+. The third-order valence-electron chi connectivity index (χ3n) is 3.95. The summed E-state index contributed by atoms with van der Waals surface area (Å²) in [7, 11) is 3.36. The molecule has 24 heavy (non-hydrogen) atoms. The van der Waals surface area contributed by atoms with Crippen LogP contribution in [0.4, 0.5) is 0 Å². The Morgan fingerprint density at radius 1 is 1.17 bits per heavy atom. The molecule has 0 radical (unpaired) electrons. The maximum atomic E-state index is 12.5. The van der Waals surface area contributed by atoms with Gasteiger partial charge in [0, 0.05) is 25.3 Å². The van der Waals surface area contributed by atoms with E-state index in [0.717, 1.165) is 16.9 Å². The van der Waals surface area contributed by atoms with Crippen molar-refractivity contribution in [2.24, 2.45) is 0 Å². The molecule has 0 aromatic heterocycles. The number of nitrogens with zero attached hydrogens (tertiary/aromatic N) is 1. The van der Waals surface area contributed by atoms with Crippen LogP contribution in [0, 0.1) is 0 Å². The molecule has 1 amide bonds. The normalized spacial score (nSPS) is 12.1. The van der Waals surface area contributed by atoms with E-state index < -0.39 is 0 Å². The maximum absolute atomic E-state index is 12.5. The third-order valence-corrected chi connectivity index (χ3v) is 3.95. The first-order valence-electron chi connectivity index (χ1n) is 7.91.